The Morgan fingerprint density at radius 3 is 1.74 bits per heavy atom. The van der Waals surface area contributed by atoms with Gasteiger partial charge in [0.15, 0.2) is 0 Å². The van der Waals surface area contributed by atoms with Gasteiger partial charge >= 0.3 is 0 Å². The van der Waals surface area contributed by atoms with Crippen molar-refractivity contribution in [2.75, 3.05) is 4.90 Å². The number of hydrogen-bond acceptors (Lipinski definition) is 1. The van der Waals surface area contributed by atoms with Crippen molar-refractivity contribution in [2.24, 2.45) is 0 Å². The third-order valence-electron chi connectivity index (χ3n) is 11.3. The molecule has 7 aromatic rings. The Kier molecular flexibility index (Phi) is 5.45. The van der Waals surface area contributed by atoms with Gasteiger partial charge in [-0.05, 0) is 122 Å². The summed E-state index contributed by atoms with van der Waals surface area (Å²) in [6, 6.07) is 56.6. The van der Waals surface area contributed by atoms with Crippen LogP contribution in [0.15, 0.2) is 152 Å². The van der Waals surface area contributed by atoms with E-state index in [9.17, 15) is 0 Å². The van der Waals surface area contributed by atoms with Gasteiger partial charge in [0.25, 0.3) is 0 Å². The molecular formula is C46H35N. The molecule has 0 bridgehead atoms. The van der Waals surface area contributed by atoms with Gasteiger partial charge in [-0.1, -0.05) is 123 Å². The number of rotatable bonds is 4. The Hall–Kier alpha value is -5.40. The van der Waals surface area contributed by atoms with Crippen molar-refractivity contribution in [3.63, 3.8) is 0 Å². The molecule has 3 aliphatic rings. The normalized spacial score (nSPS) is 15.6. The average Bonchev–Trinajstić information content (AvgIpc) is 3.89. The Morgan fingerprint density at radius 1 is 0.426 bits per heavy atom. The predicted octanol–water partition coefficient (Wildman–Crippen LogP) is 12.3. The Labute approximate surface area is 276 Å². The van der Waals surface area contributed by atoms with E-state index >= 15 is 0 Å². The lowest BCUT2D eigenvalue weighted by Gasteiger charge is -2.30. The second-order valence-electron chi connectivity index (χ2n) is 14.1. The molecule has 0 radical (unpaired) electrons. The topological polar surface area (TPSA) is 3.24 Å². The summed E-state index contributed by atoms with van der Waals surface area (Å²) in [5.41, 5.74) is 17.5. The van der Waals surface area contributed by atoms with Crippen molar-refractivity contribution in [2.45, 2.75) is 37.5 Å². The van der Waals surface area contributed by atoms with Crippen molar-refractivity contribution in [1.29, 1.82) is 0 Å². The van der Waals surface area contributed by atoms with Crippen LogP contribution in [-0.2, 0) is 10.8 Å². The van der Waals surface area contributed by atoms with Crippen molar-refractivity contribution in [3.8, 4) is 33.4 Å². The molecule has 0 N–H and O–H groups in total. The Bertz CT molecular complexity index is 2340. The van der Waals surface area contributed by atoms with Crippen LogP contribution in [0.4, 0.5) is 17.1 Å². The molecule has 1 saturated carbocycles. The maximum atomic E-state index is 2.48. The van der Waals surface area contributed by atoms with Crippen LogP contribution < -0.4 is 4.90 Å². The van der Waals surface area contributed by atoms with Crippen LogP contribution >= 0.6 is 0 Å². The zero-order chi connectivity index (χ0) is 31.3. The number of para-hydroxylation sites is 2. The van der Waals surface area contributed by atoms with E-state index < -0.39 is 0 Å². The molecule has 7 aromatic carbocycles. The highest BCUT2D eigenvalue weighted by Crippen LogP contribution is 2.62. The first kappa shape index (κ1) is 26.8. The van der Waals surface area contributed by atoms with Crippen LogP contribution in [0.5, 0.6) is 0 Å². The lowest BCUT2D eigenvalue weighted by Crippen LogP contribution is -2.17. The van der Waals surface area contributed by atoms with Gasteiger partial charge in [0, 0.05) is 27.9 Å². The van der Waals surface area contributed by atoms with Gasteiger partial charge in [0.2, 0.25) is 0 Å². The highest BCUT2D eigenvalue weighted by atomic mass is 15.1. The van der Waals surface area contributed by atoms with Crippen LogP contribution in [0.2, 0.25) is 0 Å². The van der Waals surface area contributed by atoms with E-state index in [4.69, 9.17) is 0 Å². The minimum atomic E-state index is -0.140. The molecule has 0 amide bonds. The maximum absolute atomic E-state index is 2.48. The molecule has 0 aliphatic heterocycles. The zero-order valence-corrected chi connectivity index (χ0v) is 26.8. The molecule has 10 rings (SSSR count). The van der Waals surface area contributed by atoms with Crippen LogP contribution in [0, 0.1) is 0 Å². The van der Waals surface area contributed by atoms with Gasteiger partial charge in [0.05, 0.1) is 0 Å². The standard InChI is InChI=1S/C46H35N/c1-45(2)42-28-30(34-24-25-41-44-38(34)17-11-18-39(44)35-16-9-10-19-40(35)46(41)26-27-46)20-22-36(42)37-23-21-33(29-43(37)45)47(31-12-5-3-6-13-31)32-14-7-4-8-15-32/h3-25,28-29H,26-27H2,1-2H3. The van der Waals surface area contributed by atoms with Crippen LogP contribution in [0.3, 0.4) is 0 Å². The highest BCUT2D eigenvalue weighted by molar-refractivity contribution is 6.09. The quantitative estimate of drug-likeness (QED) is 0.194. The monoisotopic (exact) mass is 601 g/mol. The van der Waals surface area contributed by atoms with Crippen molar-refractivity contribution < 1.29 is 0 Å². The summed E-state index contributed by atoms with van der Waals surface area (Å²) in [5, 5.41) is 2.83. The molecule has 0 aromatic heterocycles. The third-order valence-corrected chi connectivity index (χ3v) is 11.3. The van der Waals surface area contributed by atoms with Gasteiger partial charge in [-0.3, -0.25) is 0 Å². The Morgan fingerprint density at radius 2 is 1.02 bits per heavy atom. The number of fused-ring (bicyclic) bond motifs is 7. The molecule has 1 heteroatoms. The molecule has 1 fully saturated rings. The van der Waals surface area contributed by atoms with Crippen LogP contribution in [0.1, 0.15) is 48.9 Å². The molecule has 3 aliphatic carbocycles. The number of nitrogens with zero attached hydrogens (tertiary/aromatic N) is 1. The van der Waals surface area contributed by atoms with Crippen LogP contribution in [-0.4, -0.2) is 0 Å². The number of benzene rings is 7. The highest BCUT2D eigenvalue weighted by Gasteiger charge is 2.50. The fraction of sp³-hybridized carbons (Fsp3) is 0.130. The maximum Gasteiger partial charge on any atom is 0.0465 e. The van der Waals surface area contributed by atoms with Gasteiger partial charge in [-0.15, -0.1) is 0 Å². The molecule has 47 heavy (non-hydrogen) atoms. The number of anilines is 3. The van der Waals surface area contributed by atoms with E-state index in [2.05, 4.69) is 170 Å². The van der Waals surface area contributed by atoms with Gasteiger partial charge < -0.3 is 4.90 Å². The number of hydrogen-bond donors (Lipinski definition) is 0. The lowest BCUT2D eigenvalue weighted by atomic mass is 9.73. The van der Waals surface area contributed by atoms with Gasteiger partial charge in [-0.25, -0.2) is 0 Å². The van der Waals surface area contributed by atoms with Crippen LogP contribution in [0.25, 0.3) is 44.2 Å². The fourth-order valence-electron chi connectivity index (χ4n) is 8.86. The minimum Gasteiger partial charge on any atom is -0.310 e. The summed E-state index contributed by atoms with van der Waals surface area (Å²) in [7, 11) is 0. The molecule has 0 unspecified atom stereocenters. The SMILES string of the molecule is CC1(C)c2cc(-c3ccc4c5c(cccc35)-c3ccccc3C43CC3)ccc2-c2ccc(N(c3ccccc3)c3ccccc3)cc21. The fourth-order valence-corrected chi connectivity index (χ4v) is 8.86. The average molecular weight is 602 g/mol. The van der Waals surface area contributed by atoms with Crippen molar-refractivity contribution in [3.05, 3.63) is 174 Å². The summed E-state index contributed by atoms with van der Waals surface area (Å²) in [6.45, 7) is 4.79. The van der Waals surface area contributed by atoms with Gasteiger partial charge in [-0.2, -0.15) is 0 Å². The zero-order valence-electron chi connectivity index (χ0n) is 26.8. The smallest absolute Gasteiger partial charge is 0.0465 e. The van der Waals surface area contributed by atoms with E-state index in [1.165, 1.54) is 84.9 Å². The second-order valence-corrected chi connectivity index (χ2v) is 14.1. The molecule has 1 nitrogen and oxygen atoms in total. The molecule has 0 saturated heterocycles. The first-order valence-electron chi connectivity index (χ1n) is 16.9. The molecule has 0 heterocycles. The molecule has 224 valence electrons. The first-order chi connectivity index (χ1) is 23.0. The first-order valence-corrected chi connectivity index (χ1v) is 16.9. The predicted molar refractivity (Wildman–Crippen MR) is 197 cm³/mol. The summed E-state index contributed by atoms with van der Waals surface area (Å²) in [5.74, 6) is 0. The second kappa shape index (κ2) is 9.56. The van der Waals surface area contributed by atoms with Crippen molar-refractivity contribution in [1.82, 2.24) is 0 Å². The van der Waals surface area contributed by atoms with E-state index in [1.807, 2.05) is 0 Å². The summed E-state index contributed by atoms with van der Waals surface area (Å²) < 4.78 is 0. The summed E-state index contributed by atoms with van der Waals surface area (Å²) >= 11 is 0. The Balaban J connectivity index is 1.10. The van der Waals surface area contributed by atoms with E-state index in [0.717, 1.165) is 11.4 Å². The lowest BCUT2D eigenvalue weighted by molar-refractivity contribution is 0.660. The molecular weight excluding hydrogens is 567 g/mol. The van der Waals surface area contributed by atoms with Gasteiger partial charge in [0.1, 0.15) is 0 Å². The third kappa shape index (κ3) is 3.72. The largest absolute Gasteiger partial charge is 0.310 e. The van der Waals surface area contributed by atoms with E-state index in [-0.39, 0.29) is 10.8 Å². The molecule has 1 spiro atoms. The summed E-state index contributed by atoms with van der Waals surface area (Å²) in [6.07, 6.45) is 2.48. The summed E-state index contributed by atoms with van der Waals surface area (Å²) in [4.78, 5) is 2.37. The molecule has 0 atom stereocenters. The minimum absolute atomic E-state index is 0.140. The van der Waals surface area contributed by atoms with Crippen molar-refractivity contribution >= 4 is 27.8 Å². The van der Waals surface area contributed by atoms with E-state index in [0.29, 0.717) is 0 Å². The van der Waals surface area contributed by atoms with E-state index in [1.54, 1.807) is 0 Å².